The molecule has 0 aromatic rings. The summed E-state index contributed by atoms with van der Waals surface area (Å²) < 4.78 is 5.88. The predicted molar refractivity (Wildman–Crippen MR) is 53.0 cm³/mol. The lowest BCUT2D eigenvalue weighted by Gasteiger charge is -2.23. The van der Waals surface area contributed by atoms with E-state index in [0.29, 0.717) is 4.75 Å². The maximum atomic E-state index is 5.57. The van der Waals surface area contributed by atoms with Gasteiger partial charge in [-0.1, -0.05) is 20.8 Å². The van der Waals surface area contributed by atoms with E-state index in [0.717, 1.165) is 5.94 Å². The van der Waals surface area contributed by atoms with Crippen molar-refractivity contribution in [2.45, 2.75) is 51.9 Å². The fraction of sp³-hybridized carbons (Fsp3) is 1.00. The Kier molecular flexibility index (Phi) is 3.92. The first kappa shape index (κ1) is 11.3. The molecule has 0 amide bonds. The third kappa shape index (κ3) is 10.3. The average Bonchev–Trinajstić information content (AvgIpc) is 1.55. The summed E-state index contributed by atoms with van der Waals surface area (Å²) in [6.07, 6.45) is 0. The molecule has 0 aliphatic rings. The lowest BCUT2D eigenvalue weighted by atomic mass is 10.2. The normalized spacial score (nSPS) is 13.6. The molecule has 0 N–H and O–H groups in total. The van der Waals surface area contributed by atoms with Gasteiger partial charge in [-0.15, -0.1) is 11.8 Å². The molecule has 0 unspecified atom stereocenters. The lowest BCUT2D eigenvalue weighted by Crippen LogP contribution is -2.20. The molecule has 0 atom stereocenters. The van der Waals surface area contributed by atoms with Gasteiger partial charge in [0.2, 0.25) is 0 Å². The van der Waals surface area contributed by atoms with E-state index in [-0.39, 0.29) is 5.60 Å². The second-order valence-electron chi connectivity index (χ2n) is 4.63. The number of ether oxygens (including phenoxy) is 1. The highest BCUT2D eigenvalue weighted by Gasteiger charge is 2.14. The van der Waals surface area contributed by atoms with Crippen molar-refractivity contribution in [3.63, 3.8) is 0 Å². The van der Waals surface area contributed by atoms with E-state index in [9.17, 15) is 0 Å². The molecule has 0 radical (unpaired) electrons. The molecule has 0 aliphatic carbocycles. The van der Waals surface area contributed by atoms with Crippen LogP contribution >= 0.6 is 11.8 Å². The number of hydrogen-bond donors (Lipinski definition) is 0. The van der Waals surface area contributed by atoms with Gasteiger partial charge in [0.05, 0.1) is 11.5 Å². The largest absolute Gasteiger partial charge is 0.365 e. The van der Waals surface area contributed by atoms with Gasteiger partial charge in [0, 0.05) is 4.75 Å². The minimum absolute atomic E-state index is 0.00174. The summed E-state index contributed by atoms with van der Waals surface area (Å²) in [6, 6.07) is 0. The van der Waals surface area contributed by atoms with Crippen molar-refractivity contribution in [2.24, 2.45) is 0 Å². The molecule has 0 saturated heterocycles. The number of rotatable bonds is 2. The second kappa shape index (κ2) is 3.81. The standard InChI is InChI=1S/C9H20OS/c1-8(2,3)10-7-11-9(4,5)6/h7H2,1-6H3. The molecule has 0 rings (SSSR count). The molecule has 1 nitrogen and oxygen atoms in total. The Morgan fingerprint density at radius 3 is 1.73 bits per heavy atom. The summed E-state index contributed by atoms with van der Waals surface area (Å²) in [5.74, 6) is 0.785. The van der Waals surface area contributed by atoms with Crippen molar-refractivity contribution in [3.8, 4) is 0 Å². The summed E-state index contributed by atoms with van der Waals surface area (Å²) in [5, 5.41) is 0. The Hall–Kier alpha value is 0.310. The summed E-state index contributed by atoms with van der Waals surface area (Å²) in [6.45, 7) is 12.8. The molecular weight excluding hydrogens is 156 g/mol. The van der Waals surface area contributed by atoms with Crippen LogP contribution in [0, 0.1) is 0 Å². The monoisotopic (exact) mass is 176 g/mol. The van der Waals surface area contributed by atoms with Gasteiger partial charge in [-0.3, -0.25) is 0 Å². The Morgan fingerprint density at radius 2 is 1.45 bits per heavy atom. The van der Waals surface area contributed by atoms with Crippen LogP contribution in [0.4, 0.5) is 0 Å². The van der Waals surface area contributed by atoms with Gasteiger partial charge in [-0.2, -0.15) is 0 Å². The summed E-state index contributed by atoms with van der Waals surface area (Å²) in [7, 11) is 0. The minimum Gasteiger partial charge on any atom is -0.365 e. The highest BCUT2D eigenvalue weighted by atomic mass is 32.2. The van der Waals surface area contributed by atoms with Crippen LogP contribution in [0.25, 0.3) is 0 Å². The van der Waals surface area contributed by atoms with Gasteiger partial charge >= 0.3 is 0 Å². The van der Waals surface area contributed by atoms with Crippen LogP contribution in [0.3, 0.4) is 0 Å². The zero-order valence-electron chi connectivity index (χ0n) is 8.52. The van der Waals surface area contributed by atoms with Crippen LogP contribution in [-0.2, 0) is 4.74 Å². The van der Waals surface area contributed by atoms with Crippen LogP contribution < -0.4 is 0 Å². The van der Waals surface area contributed by atoms with Crippen LogP contribution in [0.1, 0.15) is 41.5 Å². The van der Waals surface area contributed by atoms with E-state index in [1.54, 1.807) is 0 Å². The zero-order chi connectivity index (χ0) is 9.12. The van der Waals surface area contributed by atoms with Crippen LogP contribution in [0.5, 0.6) is 0 Å². The van der Waals surface area contributed by atoms with Gasteiger partial charge in [-0.05, 0) is 20.8 Å². The summed E-state index contributed by atoms with van der Waals surface area (Å²) in [4.78, 5) is 0. The van der Waals surface area contributed by atoms with Crippen LogP contribution in [0.15, 0.2) is 0 Å². The van der Waals surface area contributed by atoms with Crippen molar-refractivity contribution >= 4 is 11.8 Å². The van der Waals surface area contributed by atoms with Gasteiger partial charge in [-0.25, -0.2) is 0 Å². The van der Waals surface area contributed by atoms with E-state index in [2.05, 4.69) is 41.5 Å². The predicted octanol–water partition coefficient (Wildman–Crippen LogP) is 3.29. The molecular formula is C9H20OS. The molecule has 0 saturated carbocycles. The first-order valence-electron chi connectivity index (χ1n) is 3.99. The minimum atomic E-state index is -0.00174. The number of hydrogen-bond acceptors (Lipinski definition) is 2. The Labute approximate surface area is 74.9 Å². The average molecular weight is 176 g/mol. The molecule has 0 bridgehead atoms. The van der Waals surface area contributed by atoms with Crippen molar-refractivity contribution < 1.29 is 4.74 Å². The molecule has 0 aromatic heterocycles. The molecule has 0 heterocycles. The van der Waals surface area contributed by atoms with E-state index >= 15 is 0 Å². The summed E-state index contributed by atoms with van der Waals surface area (Å²) >= 11 is 1.84. The fourth-order valence-electron chi connectivity index (χ4n) is 0.383. The van der Waals surface area contributed by atoms with Crippen molar-refractivity contribution in [2.75, 3.05) is 5.94 Å². The van der Waals surface area contributed by atoms with Gasteiger partial charge in [0.1, 0.15) is 0 Å². The molecule has 0 spiro atoms. The first-order chi connectivity index (χ1) is 4.71. The van der Waals surface area contributed by atoms with Crippen molar-refractivity contribution in [1.82, 2.24) is 0 Å². The van der Waals surface area contributed by atoms with Gasteiger partial charge in [0.15, 0.2) is 0 Å². The topological polar surface area (TPSA) is 9.23 Å². The quantitative estimate of drug-likeness (QED) is 0.597. The van der Waals surface area contributed by atoms with Crippen LogP contribution in [0.2, 0.25) is 0 Å². The molecule has 0 fully saturated rings. The van der Waals surface area contributed by atoms with Crippen molar-refractivity contribution in [1.29, 1.82) is 0 Å². The Bertz CT molecular complexity index is 93.7. The van der Waals surface area contributed by atoms with E-state index in [1.165, 1.54) is 0 Å². The molecule has 68 valence electrons. The third-order valence-corrected chi connectivity index (χ3v) is 2.09. The summed E-state index contributed by atoms with van der Waals surface area (Å²) in [5.41, 5.74) is -0.00174. The zero-order valence-corrected chi connectivity index (χ0v) is 9.34. The first-order valence-corrected chi connectivity index (χ1v) is 4.97. The lowest BCUT2D eigenvalue weighted by molar-refractivity contribution is 0.0284. The Balaban J connectivity index is 3.44. The maximum Gasteiger partial charge on any atom is 0.0933 e. The third-order valence-electron chi connectivity index (χ3n) is 0.984. The second-order valence-corrected chi connectivity index (χ2v) is 6.38. The number of thioether (sulfide) groups is 1. The van der Waals surface area contributed by atoms with Crippen LogP contribution in [-0.4, -0.2) is 16.3 Å². The van der Waals surface area contributed by atoms with E-state index in [4.69, 9.17) is 4.74 Å². The molecule has 0 aliphatic heterocycles. The van der Waals surface area contributed by atoms with Gasteiger partial charge in [0.25, 0.3) is 0 Å². The Morgan fingerprint density at radius 1 is 1.00 bits per heavy atom. The molecule has 2 heteroatoms. The van der Waals surface area contributed by atoms with Gasteiger partial charge < -0.3 is 4.74 Å². The van der Waals surface area contributed by atoms with E-state index in [1.807, 2.05) is 11.8 Å². The van der Waals surface area contributed by atoms with E-state index < -0.39 is 0 Å². The highest BCUT2D eigenvalue weighted by molar-refractivity contribution is 8.00. The smallest absolute Gasteiger partial charge is 0.0933 e. The molecule has 0 aromatic carbocycles. The maximum absolute atomic E-state index is 5.57. The SMILES string of the molecule is CC(C)(C)OCSC(C)(C)C. The molecule has 11 heavy (non-hydrogen) atoms. The highest BCUT2D eigenvalue weighted by Crippen LogP contribution is 2.24. The van der Waals surface area contributed by atoms with Crippen molar-refractivity contribution in [3.05, 3.63) is 0 Å². The fourth-order valence-corrected chi connectivity index (χ4v) is 1.15.